The SMILES string of the molecule is [Pt+2].[Pt+2].[c-]1c2cccc1N(c1ccccc1)c1[c-]c(ccc1)-c1cccc(n1)C1(c3[c-]c(ccc3)-c3cccc(n3)N(c3ccccc3)c3cccc(n3)-c3[c-]c1ccc3)c1cccc-2n1. The summed E-state index contributed by atoms with van der Waals surface area (Å²) in [6.45, 7) is 0. The summed E-state index contributed by atoms with van der Waals surface area (Å²) < 4.78 is 0. The molecule has 2 aliphatic heterocycles. The van der Waals surface area contributed by atoms with Gasteiger partial charge in [-0.25, -0.2) is 0 Å². The molecule has 12 rings (SSSR count). The maximum Gasteiger partial charge on any atom is 2.00 e. The van der Waals surface area contributed by atoms with Gasteiger partial charge in [0.05, 0.1) is 5.41 Å². The van der Waals surface area contributed by atoms with Gasteiger partial charge in [0.2, 0.25) is 0 Å². The Bertz CT molecular complexity index is 2930. The summed E-state index contributed by atoms with van der Waals surface area (Å²) in [5.74, 6) is 1.47. The van der Waals surface area contributed by atoms with Crippen molar-refractivity contribution in [3.63, 3.8) is 0 Å². The third-order valence-corrected chi connectivity index (χ3v) is 11.8. The van der Waals surface area contributed by atoms with Crippen molar-refractivity contribution in [2.24, 2.45) is 0 Å². The summed E-state index contributed by atoms with van der Waals surface area (Å²) in [6, 6.07) is 85.5. The fourth-order valence-electron chi connectivity index (χ4n) is 8.90. The first-order valence-corrected chi connectivity index (χ1v) is 20.9. The van der Waals surface area contributed by atoms with Crippen LogP contribution in [0.1, 0.15) is 22.5 Å². The zero-order valence-electron chi connectivity index (χ0n) is 34.4. The molecule has 10 aromatic rings. The topological polar surface area (TPSA) is 58.0 Å². The van der Waals surface area contributed by atoms with E-state index in [0.29, 0.717) is 0 Å². The fraction of sp³-hybridized carbons (Fsp3) is 0.0175. The number of benzene rings is 6. The van der Waals surface area contributed by atoms with Crippen LogP contribution in [0, 0.1) is 24.3 Å². The smallest absolute Gasteiger partial charge is 0.346 e. The van der Waals surface area contributed by atoms with Gasteiger partial charge >= 0.3 is 42.1 Å². The first-order valence-electron chi connectivity index (χ1n) is 20.9. The fourth-order valence-corrected chi connectivity index (χ4v) is 8.90. The summed E-state index contributed by atoms with van der Waals surface area (Å²) in [5.41, 5.74) is 12.1. The number of hydrogen-bond donors (Lipinski definition) is 0. The van der Waals surface area contributed by atoms with Crippen LogP contribution in [-0.4, -0.2) is 19.9 Å². The second-order valence-electron chi connectivity index (χ2n) is 15.5. The van der Waals surface area contributed by atoms with Gasteiger partial charge in [-0.3, -0.25) is 24.8 Å². The minimum atomic E-state index is -1.14. The molecule has 16 bridgehead atoms. The standard InChI is InChI=1S/C57H34N6.2Pt/c1-3-21-45(22-4-1)62-47-25-9-17-41(37-47)49-27-11-31-53(58-49)57(54-32-12-28-50(59-54)42-18-10-26-48(62)38-42)43-19-7-15-39(35-43)51-29-13-33-55(60-51)63(46-23-5-2-6-24-46)56-34-14-30-52(61-56)40-16-8-20-44(57)36-40;;/h1-34H;;/q-4;2*+2. The van der Waals surface area contributed by atoms with E-state index in [4.69, 9.17) is 19.9 Å². The molecule has 1 spiro atoms. The van der Waals surface area contributed by atoms with E-state index in [0.717, 1.165) is 102 Å². The van der Waals surface area contributed by atoms with Gasteiger partial charge < -0.3 is 4.90 Å². The maximum absolute atomic E-state index is 5.62. The third kappa shape index (κ3) is 7.33. The number of nitrogens with zero attached hydrogens (tertiary/aromatic N) is 6. The molecule has 8 heteroatoms. The van der Waals surface area contributed by atoms with E-state index in [2.05, 4.69) is 168 Å². The molecule has 6 heterocycles. The molecule has 2 aliphatic rings. The quantitative estimate of drug-likeness (QED) is 0.161. The Morgan fingerprint density at radius 2 is 0.677 bits per heavy atom. The molecule has 65 heavy (non-hydrogen) atoms. The molecule has 0 amide bonds. The third-order valence-electron chi connectivity index (χ3n) is 11.8. The van der Waals surface area contributed by atoms with Crippen LogP contribution in [-0.2, 0) is 47.5 Å². The largest absolute Gasteiger partial charge is 2.00 e. The van der Waals surface area contributed by atoms with Gasteiger partial charge in [-0.1, -0.05) is 84.9 Å². The van der Waals surface area contributed by atoms with E-state index in [9.17, 15) is 0 Å². The normalized spacial score (nSPS) is 12.7. The Morgan fingerprint density at radius 3 is 1.14 bits per heavy atom. The van der Waals surface area contributed by atoms with E-state index in [1.807, 2.05) is 72.8 Å². The molecular weight excluding hydrogens is 1160 g/mol. The predicted molar refractivity (Wildman–Crippen MR) is 250 cm³/mol. The van der Waals surface area contributed by atoms with Crippen molar-refractivity contribution in [2.45, 2.75) is 5.41 Å². The molecule has 0 unspecified atom stereocenters. The minimum Gasteiger partial charge on any atom is -0.346 e. The van der Waals surface area contributed by atoms with Gasteiger partial charge in [-0.15, -0.1) is 130 Å². The van der Waals surface area contributed by atoms with Gasteiger partial charge in [0, 0.05) is 22.8 Å². The van der Waals surface area contributed by atoms with Crippen LogP contribution in [0.3, 0.4) is 0 Å². The number of pyridine rings is 4. The summed E-state index contributed by atoms with van der Waals surface area (Å²) in [4.78, 5) is 26.1. The number of anilines is 6. The second-order valence-corrected chi connectivity index (χ2v) is 15.5. The van der Waals surface area contributed by atoms with Crippen LogP contribution in [0.15, 0.2) is 206 Å². The van der Waals surface area contributed by atoms with Crippen LogP contribution in [0.5, 0.6) is 0 Å². The molecule has 4 aromatic heterocycles. The average Bonchev–Trinajstić information content (AvgIpc) is 3.35. The molecule has 0 radical (unpaired) electrons. The van der Waals surface area contributed by atoms with Crippen LogP contribution in [0.4, 0.5) is 34.4 Å². The summed E-state index contributed by atoms with van der Waals surface area (Å²) >= 11 is 0. The average molecular weight is 1190 g/mol. The molecule has 6 aromatic carbocycles. The molecule has 0 saturated heterocycles. The van der Waals surface area contributed by atoms with Crippen molar-refractivity contribution in [1.29, 1.82) is 0 Å². The Morgan fingerprint density at radius 1 is 0.308 bits per heavy atom. The molecular formula is C57H34N6Pt2. The van der Waals surface area contributed by atoms with Crippen LogP contribution in [0.25, 0.3) is 45.0 Å². The molecule has 6 nitrogen and oxygen atoms in total. The Balaban J connectivity index is 0.00000249. The number of para-hydroxylation sites is 2. The Kier molecular flexibility index (Phi) is 11.3. The van der Waals surface area contributed by atoms with E-state index in [1.165, 1.54) is 0 Å². The molecule has 312 valence electrons. The second kappa shape index (κ2) is 17.5. The van der Waals surface area contributed by atoms with Crippen LogP contribution < -0.4 is 9.80 Å². The molecule has 0 N–H and O–H groups in total. The van der Waals surface area contributed by atoms with E-state index < -0.39 is 5.41 Å². The minimum absolute atomic E-state index is 0. The first-order chi connectivity index (χ1) is 31.2. The van der Waals surface area contributed by atoms with E-state index >= 15 is 0 Å². The van der Waals surface area contributed by atoms with Crippen molar-refractivity contribution in [1.82, 2.24) is 19.9 Å². The summed E-state index contributed by atoms with van der Waals surface area (Å²) in [6.07, 6.45) is 0. The molecule has 0 saturated carbocycles. The van der Waals surface area contributed by atoms with Gasteiger partial charge in [0.1, 0.15) is 11.6 Å². The number of hydrogen-bond acceptors (Lipinski definition) is 6. The van der Waals surface area contributed by atoms with Gasteiger partial charge in [0.25, 0.3) is 0 Å². The van der Waals surface area contributed by atoms with E-state index in [-0.39, 0.29) is 42.1 Å². The first kappa shape index (κ1) is 41.9. The van der Waals surface area contributed by atoms with Crippen molar-refractivity contribution in [3.05, 3.63) is 253 Å². The summed E-state index contributed by atoms with van der Waals surface area (Å²) in [7, 11) is 0. The zero-order chi connectivity index (χ0) is 41.7. The van der Waals surface area contributed by atoms with Crippen molar-refractivity contribution in [3.8, 4) is 45.0 Å². The van der Waals surface area contributed by atoms with Crippen molar-refractivity contribution in [2.75, 3.05) is 9.80 Å². The Hall–Kier alpha value is -7.10. The zero-order valence-corrected chi connectivity index (χ0v) is 39.0. The van der Waals surface area contributed by atoms with Crippen LogP contribution >= 0.6 is 0 Å². The van der Waals surface area contributed by atoms with E-state index in [1.54, 1.807) is 0 Å². The number of rotatable bonds is 2. The predicted octanol–water partition coefficient (Wildman–Crippen LogP) is 13.1. The molecule has 0 fully saturated rings. The monoisotopic (exact) mass is 1190 g/mol. The molecule has 0 aliphatic carbocycles. The maximum atomic E-state index is 5.62. The summed E-state index contributed by atoms with van der Waals surface area (Å²) in [5, 5.41) is 0. The number of fused-ring (bicyclic) bond motifs is 24. The van der Waals surface area contributed by atoms with Crippen molar-refractivity contribution < 1.29 is 42.1 Å². The van der Waals surface area contributed by atoms with Crippen molar-refractivity contribution >= 4 is 34.4 Å². The van der Waals surface area contributed by atoms with Crippen LogP contribution in [0.2, 0.25) is 0 Å². The van der Waals surface area contributed by atoms with Gasteiger partial charge in [0.15, 0.2) is 0 Å². The van der Waals surface area contributed by atoms with Gasteiger partial charge in [-0.2, -0.15) is 0 Å². The van der Waals surface area contributed by atoms with Gasteiger partial charge in [-0.05, 0) is 82.7 Å². The molecule has 0 atom stereocenters. The Labute approximate surface area is 406 Å². The number of aromatic nitrogens is 4.